The number of nitrogens with one attached hydrogen (secondary N) is 1. The van der Waals surface area contributed by atoms with Crippen molar-refractivity contribution >= 4 is 17.5 Å². The van der Waals surface area contributed by atoms with Crippen LogP contribution in [0.1, 0.15) is 68.7 Å². The second-order valence-corrected chi connectivity index (χ2v) is 9.59. The minimum Gasteiger partial charge on any atom is -0.371 e. The molecule has 0 unspecified atom stereocenters. The molecule has 5 rings (SSSR count). The van der Waals surface area contributed by atoms with Gasteiger partial charge in [0.1, 0.15) is 5.76 Å². The van der Waals surface area contributed by atoms with E-state index in [2.05, 4.69) is 26.4 Å². The number of fused-ring (bicyclic) bond motifs is 1. The average molecular weight is 474 g/mol. The van der Waals surface area contributed by atoms with Crippen molar-refractivity contribution in [2.45, 2.75) is 51.6 Å². The highest BCUT2D eigenvalue weighted by molar-refractivity contribution is 5.95. The lowest BCUT2D eigenvalue weighted by Crippen LogP contribution is -2.45. The lowest BCUT2D eigenvalue weighted by molar-refractivity contribution is 0.0709. The zero-order valence-corrected chi connectivity index (χ0v) is 20.5. The van der Waals surface area contributed by atoms with E-state index in [1.807, 2.05) is 49.3 Å². The molecular weight excluding hydrogens is 442 g/mol. The lowest BCUT2D eigenvalue weighted by atomic mass is 10.00. The summed E-state index contributed by atoms with van der Waals surface area (Å²) >= 11 is 0. The van der Waals surface area contributed by atoms with Crippen LogP contribution in [0.2, 0.25) is 0 Å². The van der Waals surface area contributed by atoms with Gasteiger partial charge >= 0.3 is 0 Å². The van der Waals surface area contributed by atoms with Crippen LogP contribution in [0.25, 0.3) is 0 Å². The van der Waals surface area contributed by atoms with Gasteiger partial charge in [0.25, 0.3) is 11.8 Å². The van der Waals surface area contributed by atoms with Gasteiger partial charge in [-0.3, -0.25) is 14.6 Å². The van der Waals surface area contributed by atoms with Gasteiger partial charge in [-0.25, -0.2) is 0 Å². The van der Waals surface area contributed by atoms with Crippen molar-refractivity contribution in [3.05, 3.63) is 76.4 Å². The summed E-state index contributed by atoms with van der Waals surface area (Å²) in [4.78, 5) is 34.5. The number of hydrogen-bond donors (Lipinski definition) is 1. The summed E-state index contributed by atoms with van der Waals surface area (Å²) < 4.78 is 5.02. The first-order valence-corrected chi connectivity index (χ1v) is 12.2. The summed E-state index contributed by atoms with van der Waals surface area (Å²) in [6.07, 6.45) is 5.37. The quantitative estimate of drug-likeness (QED) is 0.605. The molecule has 1 aliphatic heterocycles. The second-order valence-electron chi connectivity index (χ2n) is 9.59. The summed E-state index contributed by atoms with van der Waals surface area (Å²) in [7, 11) is 1.90. The molecule has 8 heteroatoms. The van der Waals surface area contributed by atoms with Crippen molar-refractivity contribution in [2.24, 2.45) is 0 Å². The molecule has 1 aliphatic carbocycles. The van der Waals surface area contributed by atoms with Crippen LogP contribution in [0.15, 0.2) is 47.1 Å². The van der Waals surface area contributed by atoms with Gasteiger partial charge in [-0.1, -0.05) is 11.2 Å². The molecule has 182 valence electrons. The molecule has 35 heavy (non-hydrogen) atoms. The number of carbonyl (C=O) groups is 2. The van der Waals surface area contributed by atoms with Gasteiger partial charge in [0.15, 0.2) is 5.69 Å². The smallest absolute Gasteiger partial charge is 0.273 e. The van der Waals surface area contributed by atoms with Crippen LogP contribution in [0.3, 0.4) is 0 Å². The first kappa shape index (κ1) is 23.1. The number of carbonyl (C=O) groups excluding carboxylic acids is 2. The van der Waals surface area contributed by atoms with Gasteiger partial charge in [0.05, 0.1) is 6.04 Å². The predicted octanol–water partition coefficient (Wildman–Crippen LogP) is 3.84. The van der Waals surface area contributed by atoms with Gasteiger partial charge in [0.2, 0.25) is 0 Å². The van der Waals surface area contributed by atoms with E-state index in [1.54, 1.807) is 13.0 Å². The molecule has 0 bridgehead atoms. The highest BCUT2D eigenvalue weighted by atomic mass is 16.5. The topological polar surface area (TPSA) is 91.6 Å². The van der Waals surface area contributed by atoms with Gasteiger partial charge in [-0.2, -0.15) is 0 Å². The molecule has 1 saturated heterocycles. The summed E-state index contributed by atoms with van der Waals surface area (Å²) in [5.74, 6) is 0.361. The maximum Gasteiger partial charge on any atom is 0.273 e. The fourth-order valence-electron chi connectivity index (χ4n) is 5.20. The van der Waals surface area contributed by atoms with Crippen molar-refractivity contribution in [3.8, 4) is 0 Å². The van der Waals surface area contributed by atoms with E-state index in [9.17, 15) is 9.59 Å². The number of aromatic nitrogens is 2. The summed E-state index contributed by atoms with van der Waals surface area (Å²) in [5, 5.41) is 6.86. The molecule has 1 aromatic carbocycles. The number of amides is 2. The number of aryl methyl sites for hydroxylation is 3. The van der Waals surface area contributed by atoms with Crippen LogP contribution >= 0.6 is 0 Å². The number of anilines is 1. The normalized spacial score (nSPS) is 17.8. The minimum absolute atomic E-state index is 0.0232. The fraction of sp³-hybridized carbons (Fsp3) is 0.407. The van der Waals surface area contributed by atoms with Crippen molar-refractivity contribution in [1.29, 1.82) is 0 Å². The molecular formula is C27H31N5O3. The van der Waals surface area contributed by atoms with Crippen LogP contribution in [-0.4, -0.2) is 53.0 Å². The van der Waals surface area contributed by atoms with E-state index in [0.29, 0.717) is 11.3 Å². The Kier molecular flexibility index (Phi) is 6.28. The highest BCUT2D eigenvalue weighted by Gasteiger charge is 2.29. The first-order chi connectivity index (χ1) is 16.9. The minimum atomic E-state index is -0.260. The lowest BCUT2D eigenvalue weighted by Gasteiger charge is -2.38. The average Bonchev–Trinajstić information content (AvgIpc) is 3.49. The predicted molar refractivity (Wildman–Crippen MR) is 133 cm³/mol. The van der Waals surface area contributed by atoms with E-state index >= 15 is 0 Å². The number of rotatable bonds is 5. The Bertz CT molecular complexity index is 1250. The maximum absolute atomic E-state index is 13.4. The molecule has 1 atom stereocenters. The zero-order chi connectivity index (χ0) is 24.5. The zero-order valence-electron chi connectivity index (χ0n) is 20.5. The Morgan fingerprint density at radius 1 is 1.09 bits per heavy atom. The first-order valence-electron chi connectivity index (χ1n) is 12.2. The van der Waals surface area contributed by atoms with E-state index in [4.69, 9.17) is 4.52 Å². The Morgan fingerprint density at radius 2 is 1.89 bits per heavy atom. The number of benzene rings is 1. The monoisotopic (exact) mass is 473 g/mol. The number of nitrogens with zero attached hydrogens (tertiary/aromatic N) is 4. The Hall–Kier alpha value is -3.68. The van der Waals surface area contributed by atoms with Crippen molar-refractivity contribution in [3.63, 3.8) is 0 Å². The van der Waals surface area contributed by atoms with Crippen LogP contribution < -0.4 is 10.2 Å². The third kappa shape index (κ3) is 4.78. The molecule has 0 spiro atoms. The number of hydrogen-bond acceptors (Lipinski definition) is 6. The summed E-state index contributed by atoms with van der Waals surface area (Å²) in [5.41, 5.74) is 5.33. The molecule has 0 saturated carbocycles. The second kappa shape index (κ2) is 9.52. The SMILES string of the molecule is Cc1cc(N2CCC(N(C)C(=O)c3ccc4c(c3)[C@H](NC(=O)c3cc(C)on3)CC4)CC2)ccn1. The van der Waals surface area contributed by atoms with E-state index < -0.39 is 0 Å². The molecule has 1 fully saturated rings. The molecule has 3 aromatic rings. The van der Waals surface area contributed by atoms with Gasteiger partial charge in [-0.05, 0) is 74.9 Å². The highest BCUT2D eigenvalue weighted by Crippen LogP contribution is 2.33. The molecule has 1 N–H and O–H groups in total. The Balaban J connectivity index is 1.24. The fourth-order valence-corrected chi connectivity index (χ4v) is 5.20. The molecule has 2 aromatic heterocycles. The summed E-state index contributed by atoms with van der Waals surface area (Å²) in [6, 6.07) is 11.7. The maximum atomic E-state index is 13.4. The van der Waals surface area contributed by atoms with Gasteiger partial charge < -0.3 is 19.6 Å². The van der Waals surface area contributed by atoms with E-state index in [1.165, 1.54) is 11.3 Å². The molecule has 3 heterocycles. The molecule has 8 nitrogen and oxygen atoms in total. The molecule has 0 radical (unpaired) electrons. The standard InChI is InChI=1S/C27H31N5O3/c1-17-14-22(8-11-28-17)32-12-9-21(10-13-32)31(3)27(34)20-5-4-19-6-7-24(23(19)16-20)29-26(33)25-15-18(2)35-30-25/h4-5,8,11,14-16,21,24H,6-7,9-10,12-13H2,1-3H3,(H,29,33)/t24-/m1/s1. The molecule has 2 aliphatic rings. The van der Waals surface area contributed by atoms with Crippen molar-refractivity contribution < 1.29 is 14.1 Å². The number of piperidine rings is 1. The van der Waals surface area contributed by atoms with E-state index in [0.717, 1.165) is 50.0 Å². The Labute approximate surface area is 205 Å². The largest absolute Gasteiger partial charge is 0.371 e. The third-order valence-corrected chi connectivity index (χ3v) is 7.21. The van der Waals surface area contributed by atoms with Crippen molar-refractivity contribution in [2.75, 3.05) is 25.0 Å². The Morgan fingerprint density at radius 3 is 2.60 bits per heavy atom. The van der Waals surface area contributed by atoms with Crippen LogP contribution in [0, 0.1) is 13.8 Å². The van der Waals surface area contributed by atoms with Gasteiger partial charge in [0, 0.05) is 55.4 Å². The molecule has 2 amide bonds. The van der Waals surface area contributed by atoms with E-state index in [-0.39, 0.29) is 29.6 Å². The van der Waals surface area contributed by atoms with Gasteiger partial charge in [-0.15, -0.1) is 0 Å². The summed E-state index contributed by atoms with van der Waals surface area (Å²) in [6.45, 7) is 5.58. The van der Waals surface area contributed by atoms with Crippen LogP contribution in [0.4, 0.5) is 5.69 Å². The third-order valence-electron chi connectivity index (χ3n) is 7.21. The van der Waals surface area contributed by atoms with Crippen LogP contribution in [0.5, 0.6) is 0 Å². The van der Waals surface area contributed by atoms with Crippen molar-refractivity contribution in [1.82, 2.24) is 20.4 Å². The van der Waals surface area contributed by atoms with Crippen LogP contribution in [-0.2, 0) is 6.42 Å². The number of pyridine rings is 1.